The molecule has 6 rings (SSSR count). The maximum Gasteiger partial charge on any atom is 0.276 e. The molecular weight excluding hydrogens is 487 g/mol. The Morgan fingerprint density at radius 2 is 1.62 bits per heavy atom. The molecule has 0 spiro atoms. The van der Waals surface area contributed by atoms with Crippen molar-refractivity contribution >= 4 is 24.0 Å². The van der Waals surface area contributed by atoms with Crippen molar-refractivity contribution in [2.24, 2.45) is 0 Å². The van der Waals surface area contributed by atoms with Crippen LogP contribution in [-0.2, 0) is 12.8 Å². The van der Waals surface area contributed by atoms with Crippen LogP contribution < -0.4 is 5.32 Å². The van der Waals surface area contributed by atoms with E-state index in [0.29, 0.717) is 11.4 Å². The molecule has 4 aromatic rings. The monoisotopic (exact) mass is 516 g/mol. The zero-order valence-corrected chi connectivity index (χ0v) is 21.4. The summed E-state index contributed by atoms with van der Waals surface area (Å²) >= 11 is 0. The minimum absolute atomic E-state index is 0. The van der Waals surface area contributed by atoms with Crippen LogP contribution >= 0.6 is 12.4 Å². The van der Waals surface area contributed by atoms with Crippen molar-refractivity contribution in [2.45, 2.75) is 38.1 Å². The first-order valence-electron chi connectivity index (χ1n) is 12.7. The van der Waals surface area contributed by atoms with E-state index < -0.39 is 0 Å². The maximum absolute atomic E-state index is 13.5. The molecule has 0 radical (unpaired) electrons. The number of benzene rings is 3. The second kappa shape index (κ2) is 10.9. The number of fused-ring (bicyclic) bond motifs is 1. The van der Waals surface area contributed by atoms with Crippen LogP contribution in [0.1, 0.15) is 40.9 Å². The van der Waals surface area contributed by atoms with Gasteiger partial charge in [0.25, 0.3) is 5.91 Å². The summed E-state index contributed by atoms with van der Waals surface area (Å²) in [4.78, 5) is 15.9. The summed E-state index contributed by atoms with van der Waals surface area (Å²) in [6.07, 6.45) is 6.07. The normalized spacial score (nSPS) is 15.7. The predicted octanol–water partition coefficient (Wildman–Crippen LogP) is 6.31. The van der Waals surface area contributed by atoms with E-state index in [1.807, 2.05) is 36.4 Å². The maximum atomic E-state index is 13.5. The summed E-state index contributed by atoms with van der Waals surface area (Å²) in [7, 11) is 0. The fraction of sp³-hybridized carbons (Fsp3) is 0.267. The van der Waals surface area contributed by atoms with Gasteiger partial charge in [-0.25, -0.2) is 9.07 Å². The SMILES string of the molecule is Cl.O=C(Nc1ccc2c(c1)CCN(C1CCC1)CC2)c1cc(-c2ccccc2)n(-c2ccc(F)cc2)n1. The van der Waals surface area contributed by atoms with Crippen molar-refractivity contribution in [2.75, 3.05) is 18.4 Å². The van der Waals surface area contributed by atoms with Crippen LogP contribution in [0.25, 0.3) is 16.9 Å². The first-order valence-corrected chi connectivity index (χ1v) is 12.7. The van der Waals surface area contributed by atoms with Crippen LogP contribution in [0, 0.1) is 5.82 Å². The lowest BCUT2D eigenvalue weighted by atomic mass is 9.91. The van der Waals surface area contributed by atoms with Gasteiger partial charge in [0.1, 0.15) is 5.82 Å². The Balaban J connectivity index is 0.00000280. The fourth-order valence-electron chi connectivity index (χ4n) is 5.22. The third-order valence-electron chi connectivity index (χ3n) is 7.47. The number of nitrogens with zero attached hydrogens (tertiary/aromatic N) is 3. The van der Waals surface area contributed by atoms with Crippen LogP contribution in [0.15, 0.2) is 78.9 Å². The first-order chi connectivity index (χ1) is 17.6. The van der Waals surface area contributed by atoms with Crippen LogP contribution in [0.2, 0.25) is 0 Å². The smallest absolute Gasteiger partial charge is 0.276 e. The Kier molecular flexibility index (Phi) is 7.40. The lowest BCUT2D eigenvalue weighted by Crippen LogP contribution is -2.41. The topological polar surface area (TPSA) is 50.2 Å². The van der Waals surface area contributed by atoms with E-state index in [4.69, 9.17) is 0 Å². The van der Waals surface area contributed by atoms with Gasteiger partial charge in [-0.1, -0.05) is 42.8 Å². The van der Waals surface area contributed by atoms with Crippen molar-refractivity contribution in [1.82, 2.24) is 14.7 Å². The van der Waals surface area contributed by atoms with E-state index in [9.17, 15) is 9.18 Å². The van der Waals surface area contributed by atoms with E-state index in [1.165, 1.54) is 42.5 Å². The molecule has 7 heteroatoms. The van der Waals surface area contributed by atoms with Gasteiger partial charge >= 0.3 is 0 Å². The zero-order valence-electron chi connectivity index (χ0n) is 20.6. The van der Waals surface area contributed by atoms with Gasteiger partial charge < -0.3 is 5.32 Å². The molecule has 0 bridgehead atoms. The summed E-state index contributed by atoms with van der Waals surface area (Å²) in [6.45, 7) is 2.20. The molecule has 2 heterocycles. The largest absolute Gasteiger partial charge is 0.321 e. The van der Waals surface area contributed by atoms with Gasteiger partial charge in [-0.05, 0) is 79.3 Å². The molecule has 0 saturated heterocycles. The Hall–Kier alpha value is -3.48. The Morgan fingerprint density at radius 3 is 2.32 bits per heavy atom. The second-order valence-electron chi connectivity index (χ2n) is 9.73. The lowest BCUT2D eigenvalue weighted by molar-refractivity contribution is 0.102. The molecule has 1 saturated carbocycles. The number of halogens is 2. The van der Waals surface area contributed by atoms with E-state index in [0.717, 1.165) is 48.9 Å². The number of amides is 1. The Morgan fingerprint density at radius 1 is 0.892 bits per heavy atom. The highest BCUT2D eigenvalue weighted by Crippen LogP contribution is 2.29. The van der Waals surface area contributed by atoms with Gasteiger partial charge in [-0.2, -0.15) is 5.10 Å². The highest BCUT2D eigenvalue weighted by molar-refractivity contribution is 6.03. The van der Waals surface area contributed by atoms with E-state index >= 15 is 0 Å². The molecule has 1 aliphatic carbocycles. The van der Waals surface area contributed by atoms with Gasteiger partial charge in [0.2, 0.25) is 0 Å². The lowest BCUT2D eigenvalue weighted by Gasteiger charge is -2.36. The third-order valence-corrected chi connectivity index (χ3v) is 7.47. The van der Waals surface area contributed by atoms with Crippen molar-refractivity contribution in [3.8, 4) is 16.9 Å². The average molecular weight is 517 g/mol. The van der Waals surface area contributed by atoms with Crippen molar-refractivity contribution in [3.63, 3.8) is 0 Å². The number of carbonyl (C=O) groups excluding carboxylic acids is 1. The van der Waals surface area contributed by atoms with Gasteiger partial charge in [-0.15, -0.1) is 12.4 Å². The molecule has 2 aliphatic rings. The van der Waals surface area contributed by atoms with E-state index in [-0.39, 0.29) is 24.1 Å². The number of aromatic nitrogens is 2. The molecular formula is C30H30ClFN4O. The van der Waals surface area contributed by atoms with Crippen molar-refractivity contribution in [3.05, 3.63) is 102 Å². The molecule has 1 amide bonds. The Labute approximate surface area is 222 Å². The van der Waals surface area contributed by atoms with E-state index in [2.05, 4.69) is 27.4 Å². The minimum atomic E-state index is -0.316. The molecule has 190 valence electrons. The van der Waals surface area contributed by atoms with Gasteiger partial charge in [0, 0.05) is 30.4 Å². The van der Waals surface area contributed by atoms with Gasteiger partial charge in [0.05, 0.1) is 11.4 Å². The zero-order chi connectivity index (χ0) is 24.5. The molecule has 1 aromatic heterocycles. The Bertz CT molecular complexity index is 1380. The minimum Gasteiger partial charge on any atom is -0.321 e. The number of rotatable bonds is 5. The highest BCUT2D eigenvalue weighted by atomic mass is 35.5. The van der Waals surface area contributed by atoms with Crippen LogP contribution in [0.5, 0.6) is 0 Å². The molecule has 5 nitrogen and oxygen atoms in total. The van der Waals surface area contributed by atoms with Crippen LogP contribution in [-0.4, -0.2) is 39.7 Å². The number of hydrogen-bond donors (Lipinski definition) is 1. The third kappa shape index (κ3) is 5.31. The number of carbonyl (C=O) groups is 1. The molecule has 37 heavy (non-hydrogen) atoms. The summed E-state index contributed by atoms with van der Waals surface area (Å²) in [5.74, 6) is -0.582. The number of hydrogen-bond acceptors (Lipinski definition) is 3. The first kappa shape index (κ1) is 25.2. The predicted molar refractivity (Wildman–Crippen MR) is 147 cm³/mol. The van der Waals surface area contributed by atoms with Gasteiger partial charge in [0.15, 0.2) is 5.69 Å². The van der Waals surface area contributed by atoms with Gasteiger partial charge in [-0.3, -0.25) is 9.69 Å². The fourth-order valence-corrected chi connectivity index (χ4v) is 5.22. The molecule has 0 unspecified atom stereocenters. The number of anilines is 1. The molecule has 1 aliphatic heterocycles. The molecule has 1 fully saturated rings. The quantitative estimate of drug-likeness (QED) is 0.338. The standard InChI is InChI=1S/C30H29FN4O.ClH/c31-24-10-13-27(14-11-24)35-29(22-5-2-1-3-6-22)20-28(33-35)30(36)32-25-12-9-21-15-17-34(26-7-4-8-26)18-16-23(21)19-25;/h1-3,5-6,9-14,19-20,26H,4,7-8,15-18H2,(H,32,36);1H. The summed E-state index contributed by atoms with van der Waals surface area (Å²) < 4.78 is 15.2. The highest BCUT2D eigenvalue weighted by Gasteiger charge is 2.26. The molecule has 1 N–H and O–H groups in total. The summed E-state index contributed by atoms with van der Waals surface area (Å²) in [6, 6.07) is 24.7. The number of nitrogens with one attached hydrogen (secondary N) is 1. The summed E-state index contributed by atoms with van der Waals surface area (Å²) in [5, 5.41) is 7.66. The van der Waals surface area contributed by atoms with Crippen LogP contribution in [0.4, 0.5) is 10.1 Å². The van der Waals surface area contributed by atoms with Crippen molar-refractivity contribution < 1.29 is 9.18 Å². The van der Waals surface area contributed by atoms with Crippen molar-refractivity contribution in [1.29, 1.82) is 0 Å². The van der Waals surface area contributed by atoms with Crippen LogP contribution in [0.3, 0.4) is 0 Å². The summed E-state index contributed by atoms with van der Waals surface area (Å²) in [5.41, 5.74) is 6.17. The molecule has 0 atom stereocenters. The van der Waals surface area contributed by atoms with E-state index in [1.54, 1.807) is 22.9 Å². The average Bonchev–Trinajstić information content (AvgIpc) is 3.22. The second-order valence-corrected chi connectivity index (χ2v) is 9.73. The molecule has 3 aromatic carbocycles.